The van der Waals surface area contributed by atoms with Crippen LogP contribution in [0.1, 0.15) is 43.0 Å². The summed E-state index contributed by atoms with van der Waals surface area (Å²) < 4.78 is 7.85. The molecule has 3 heterocycles. The van der Waals surface area contributed by atoms with Crippen molar-refractivity contribution in [2.45, 2.75) is 50.9 Å². The molecule has 25 heavy (non-hydrogen) atoms. The van der Waals surface area contributed by atoms with E-state index in [1.54, 1.807) is 6.20 Å². The number of carbonyl (C=O) groups excluding carboxylic acids is 1. The molecule has 0 spiro atoms. The van der Waals surface area contributed by atoms with Gasteiger partial charge in [-0.05, 0) is 31.2 Å². The molecule has 0 bridgehead atoms. The summed E-state index contributed by atoms with van der Waals surface area (Å²) in [5.74, 6) is 0.249. The van der Waals surface area contributed by atoms with Gasteiger partial charge in [-0.2, -0.15) is 0 Å². The Morgan fingerprint density at radius 3 is 3.00 bits per heavy atom. The van der Waals surface area contributed by atoms with E-state index in [2.05, 4.69) is 34.6 Å². The number of hydrogen-bond donors (Lipinski definition) is 0. The summed E-state index contributed by atoms with van der Waals surface area (Å²) >= 11 is 0. The first kappa shape index (κ1) is 16.3. The van der Waals surface area contributed by atoms with E-state index in [1.807, 2.05) is 15.6 Å². The SMILES string of the molecule is O=C(CCCCc1ccccc1)N1CC[C@@H]2OCc3cnnn3[C@@H]2C1. The molecule has 2 aromatic rings. The summed E-state index contributed by atoms with van der Waals surface area (Å²) in [6.45, 7) is 2.03. The zero-order valence-corrected chi connectivity index (χ0v) is 14.4. The predicted octanol–water partition coefficient (Wildman–Crippen LogP) is 2.36. The van der Waals surface area contributed by atoms with Crippen molar-refractivity contribution < 1.29 is 9.53 Å². The van der Waals surface area contributed by atoms with Crippen LogP contribution in [0.25, 0.3) is 0 Å². The molecular weight excluding hydrogens is 316 g/mol. The Bertz CT molecular complexity index is 715. The van der Waals surface area contributed by atoms with Gasteiger partial charge in [0, 0.05) is 19.5 Å². The van der Waals surface area contributed by atoms with Crippen molar-refractivity contribution in [3.8, 4) is 0 Å². The van der Waals surface area contributed by atoms with Gasteiger partial charge in [0.15, 0.2) is 0 Å². The molecule has 0 N–H and O–H groups in total. The lowest BCUT2D eigenvalue weighted by Crippen LogP contribution is -2.49. The average Bonchev–Trinajstić information content (AvgIpc) is 3.15. The summed E-state index contributed by atoms with van der Waals surface area (Å²) in [7, 11) is 0. The van der Waals surface area contributed by atoms with Gasteiger partial charge in [-0.15, -0.1) is 5.10 Å². The van der Waals surface area contributed by atoms with Crippen LogP contribution >= 0.6 is 0 Å². The second kappa shape index (κ2) is 7.35. The third-order valence-electron chi connectivity index (χ3n) is 5.23. The van der Waals surface area contributed by atoms with Gasteiger partial charge in [0.1, 0.15) is 0 Å². The maximum absolute atomic E-state index is 12.6. The molecular formula is C19H24N4O2. The molecule has 1 amide bonds. The Labute approximate surface area is 147 Å². The molecule has 132 valence electrons. The zero-order chi connectivity index (χ0) is 17.1. The first-order chi connectivity index (χ1) is 12.3. The molecule has 0 unspecified atom stereocenters. The lowest BCUT2D eigenvalue weighted by molar-refractivity contribution is -0.138. The number of piperidine rings is 1. The van der Waals surface area contributed by atoms with Crippen molar-refractivity contribution in [3.63, 3.8) is 0 Å². The fourth-order valence-corrected chi connectivity index (χ4v) is 3.81. The van der Waals surface area contributed by atoms with Crippen LogP contribution in [-0.2, 0) is 22.6 Å². The minimum absolute atomic E-state index is 0.105. The fourth-order valence-electron chi connectivity index (χ4n) is 3.81. The Balaban J connectivity index is 1.27. The molecule has 0 aliphatic carbocycles. The van der Waals surface area contributed by atoms with E-state index in [-0.39, 0.29) is 18.1 Å². The third-order valence-corrected chi connectivity index (χ3v) is 5.23. The number of carbonyl (C=O) groups is 1. The highest BCUT2D eigenvalue weighted by Crippen LogP contribution is 2.30. The van der Waals surface area contributed by atoms with Crippen LogP contribution in [0.15, 0.2) is 36.5 Å². The molecule has 4 rings (SSSR count). The number of hydrogen-bond acceptors (Lipinski definition) is 4. The summed E-state index contributed by atoms with van der Waals surface area (Å²) in [4.78, 5) is 14.6. The minimum Gasteiger partial charge on any atom is -0.370 e. The van der Waals surface area contributed by atoms with Crippen LogP contribution in [0.5, 0.6) is 0 Å². The van der Waals surface area contributed by atoms with Crippen molar-refractivity contribution in [3.05, 3.63) is 47.8 Å². The van der Waals surface area contributed by atoms with Crippen LogP contribution in [0, 0.1) is 0 Å². The second-order valence-corrected chi connectivity index (χ2v) is 6.91. The number of ether oxygens (including phenoxy) is 1. The molecule has 0 radical (unpaired) electrons. The Morgan fingerprint density at radius 1 is 1.24 bits per heavy atom. The number of rotatable bonds is 5. The van der Waals surface area contributed by atoms with Gasteiger partial charge in [0.25, 0.3) is 0 Å². The van der Waals surface area contributed by atoms with E-state index in [4.69, 9.17) is 4.74 Å². The third kappa shape index (κ3) is 3.58. The number of aromatic nitrogens is 3. The van der Waals surface area contributed by atoms with E-state index < -0.39 is 0 Å². The molecule has 6 nitrogen and oxygen atoms in total. The van der Waals surface area contributed by atoms with Crippen LogP contribution in [0.2, 0.25) is 0 Å². The van der Waals surface area contributed by atoms with Crippen molar-refractivity contribution in [1.82, 2.24) is 19.9 Å². The quantitative estimate of drug-likeness (QED) is 0.784. The van der Waals surface area contributed by atoms with Crippen LogP contribution in [0.4, 0.5) is 0 Å². The molecule has 1 saturated heterocycles. The van der Waals surface area contributed by atoms with Gasteiger partial charge in [-0.25, -0.2) is 4.68 Å². The standard InChI is InChI=1S/C19H24N4O2/c24-19(9-5-4-8-15-6-2-1-3-7-15)22-11-10-18-17(13-22)23-16(14-25-18)12-20-21-23/h1-3,6-7,12,17-18H,4-5,8-11,13-14H2/t17-,18+/m1/s1. The predicted molar refractivity (Wildman–Crippen MR) is 92.8 cm³/mol. The van der Waals surface area contributed by atoms with Gasteiger partial charge in [0.2, 0.25) is 5.91 Å². The molecule has 1 fully saturated rings. The van der Waals surface area contributed by atoms with Crippen molar-refractivity contribution in [1.29, 1.82) is 0 Å². The van der Waals surface area contributed by atoms with Crippen molar-refractivity contribution in [2.75, 3.05) is 13.1 Å². The normalized spacial score (nSPS) is 22.3. The highest BCUT2D eigenvalue weighted by molar-refractivity contribution is 5.76. The monoisotopic (exact) mass is 340 g/mol. The average molecular weight is 340 g/mol. The second-order valence-electron chi connectivity index (χ2n) is 6.91. The van der Waals surface area contributed by atoms with Crippen LogP contribution in [-0.4, -0.2) is 45.0 Å². The van der Waals surface area contributed by atoms with Crippen LogP contribution in [0.3, 0.4) is 0 Å². The number of nitrogens with zero attached hydrogens (tertiary/aromatic N) is 4. The molecule has 2 aliphatic heterocycles. The first-order valence-corrected chi connectivity index (χ1v) is 9.13. The number of amides is 1. The maximum atomic E-state index is 12.6. The lowest BCUT2D eigenvalue weighted by Gasteiger charge is -2.41. The summed E-state index contributed by atoms with van der Waals surface area (Å²) in [6.07, 6.45) is 6.41. The summed E-state index contributed by atoms with van der Waals surface area (Å²) in [5, 5.41) is 8.18. The van der Waals surface area contributed by atoms with E-state index in [0.29, 0.717) is 19.6 Å². The molecule has 2 atom stereocenters. The van der Waals surface area contributed by atoms with E-state index >= 15 is 0 Å². The van der Waals surface area contributed by atoms with Gasteiger partial charge >= 0.3 is 0 Å². The highest BCUT2D eigenvalue weighted by Gasteiger charge is 2.37. The number of benzene rings is 1. The van der Waals surface area contributed by atoms with E-state index in [0.717, 1.165) is 37.9 Å². The summed E-state index contributed by atoms with van der Waals surface area (Å²) in [5.41, 5.74) is 2.34. The fraction of sp³-hybridized carbons (Fsp3) is 0.526. The van der Waals surface area contributed by atoms with Gasteiger partial charge < -0.3 is 9.64 Å². The Morgan fingerprint density at radius 2 is 2.12 bits per heavy atom. The lowest BCUT2D eigenvalue weighted by atomic mass is 9.99. The molecule has 0 saturated carbocycles. The minimum atomic E-state index is 0.105. The smallest absolute Gasteiger partial charge is 0.222 e. The topological polar surface area (TPSA) is 60.3 Å². The number of unbranched alkanes of at least 4 members (excludes halogenated alkanes) is 1. The first-order valence-electron chi connectivity index (χ1n) is 9.13. The van der Waals surface area contributed by atoms with Crippen molar-refractivity contribution in [2.24, 2.45) is 0 Å². The van der Waals surface area contributed by atoms with Gasteiger partial charge in [-0.1, -0.05) is 35.5 Å². The Kier molecular flexibility index (Phi) is 4.78. The largest absolute Gasteiger partial charge is 0.370 e. The molecule has 1 aromatic heterocycles. The number of likely N-dealkylation sites (tertiary alicyclic amines) is 1. The number of fused-ring (bicyclic) bond motifs is 3. The van der Waals surface area contributed by atoms with Crippen molar-refractivity contribution >= 4 is 5.91 Å². The van der Waals surface area contributed by atoms with E-state index in [1.165, 1.54) is 5.56 Å². The molecule has 2 aliphatic rings. The molecule has 1 aromatic carbocycles. The Hall–Kier alpha value is -2.21. The van der Waals surface area contributed by atoms with E-state index in [9.17, 15) is 4.79 Å². The number of aryl methyl sites for hydroxylation is 1. The van der Waals surface area contributed by atoms with Gasteiger partial charge in [-0.3, -0.25) is 4.79 Å². The zero-order valence-electron chi connectivity index (χ0n) is 14.4. The maximum Gasteiger partial charge on any atom is 0.222 e. The molecule has 6 heteroatoms. The van der Waals surface area contributed by atoms with Gasteiger partial charge in [0.05, 0.1) is 30.6 Å². The van der Waals surface area contributed by atoms with Crippen LogP contribution < -0.4 is 0 Å². The highest BCUT2D eigenvalue weighted by atomic mass is 16.5. The summed E-state index contributed by atoms with van der Waals surface area (Å²) in [6, 6.07) is 10.6.